The van der Waals surface area contributed by atoms with Gasteiger partial charge >= 0.3 is 11.9 Å². The van der Waals surface area contributed by atoms with Crippen molar-refractivity contribution in [2.45, 2.75) is 32.7 Å². The zero-order valence-corrected chi connectivity index (χ0v) is 11.3. The highest BCUT2D eigenvalue weighted by Gasteiger charge is 2.31. The van der Waals surface area contributed by atoms with Crippen LogP contribution >= 0.6 is 0 Å². The van der Waals surface area contributed by atoms with Crippen molar-refractivity contribution >= 4 is 17.8 Å². The number of anilines is 1. The molecular weight excluding hydrogens is 248 g/mol. The van der Waals surface area contributed by atoms with E-state index < -0.39 is 17.5 Å². The summed E-state index contributed by atoms with van der Waals surface area (Å²) in [4.78, 5) is 26.6. The van der Waals surface area contributed by atoms with Crippen molar-refractivity contribution in [2.75, 3.05) is 11.9 Å². The number of carboxylic acids is 1. The summed E-state index contributed by atoms with van der Waals surface area (Å²) >= 11 is 0. The topological polar surface area (TPSA) is 88.5 Å². The van der Waals surface area contributed by atoms with Gasteiger partial charge in [-0.25, -0.2) is 14.6 Å². The molecule has 0 aliphatic rings. The van der Waals surface area contributed by atoms with Crippen LogP contribution in [0.15, 0.2) is 18.3 Å². The highest BCUT2D eigenvalue weighted by atomic mass is 16.5. The first kappa shape index (κ1) is 14.9. The van der Waals surface area contributed by atoms with Crippen molar-refractivity contribution in [3.05, 3.63) is 23.9 Å². The average Bonchev–Trinajstić information content (AvgIpc) is 2.39. The van der Waals surface area contributed by atoms with Gasteiger partial charge in [0.25, 0.3) is 0 Å². The molecule has 1 atom stereocenters. The Morgan fingerprint density at radius 2 is 2.11 bits per heavy atom. The van der Waals surface area contributed by atoms with E-state index in [4.69, 9.17) is 9.84 Å². The minimum atomic E-state index is -1.08. The Balaban J connectivity index is 2.82. The molecule has 0 radical (unpaired) electrons. The van der Waals surface area contributed by atoms with E-state index in [2.05, 4.69) is 10.3 Å². The van der Waals surface area contributed by atoms with E-state index in [1.807, 2.05) is 0 Å². The van der Waals surface area contributed by atoms with E-state index in [1.54, 1.807) is 32.9 Å². The summed E-state index contributed by atoms with van der Waals surface area (Å²) < 4.78 is 4.83. The fourth-order valence-corrected chi connectivity index (χ4v) is 1.38. The second-order valence-corrected chi connectivity index (χ2v) is 4.27. The molecule has 1 aromatic heterocycles. The first-order chi connectivity index (χ1) is 8.92. The predicted molar refractivity (Wildman–Crippen MR) is 70.1 cm³/mol. The molecule has 6 heteroatoms. The number of aromatic nitrogens is 1. The molecule has 0 saturated carbocycles. The van der Waals surface area contributed by atoms with Crippen molar-refractivity contribution in [3.8, 4) is 0 Å². The van der Waals surface area contributed by atoms with Gasteiger partial charge in [0, 0.05) is 6.20 Å². The van der Waals surface area contributed by atoms with E-state index >= 15 is 0 Å². The third-order valence-corrected chi connectivity index (χ3v) is 2.86. The molecular formula is C13H18N2O4. The van der Waals surface area contributed by atoms with Crippen LogP contribution in [0.25, 0.3) is 0 Å². The summed E-state index contributed by atoms with van der Waals surface area (Å²) in [7, 11) is 0. The van der Waals surface area contributed by atoms with Crippen molar-refractivity contribution in [1.82, 2.24) is 4.98 Å². The fourth-order valence-electron chi connectivity index (χ4n) is 1.38. The summed E-state index contributed by atoms with van der Waals surface area (Å²) in [6, 6.07) is 3.11. The van der Waals surface area contributed by atoms with Gasteiger partial charge < -0.3 is 15.2 Å². The van der Waals surface area contributed by atoms with E-state index in [9.17, 15) is 9.59 Å². The maximum Gasteiger partial charge on any atom is 0.339 e. The highest BCUT2D eigenvalue weighted by molar-refractivity contribution is 5.89. The van der Waals surface area contributed by atoms with Gasteiger partial charge in [0.05, 0.1) is 12.2 Å². The molecule has 0 aliphatic heterocycles. The maximum absolute atomic E-state index is 11.4. The molecule has 0 amide bonds. The number of rotatable bonds is 6. The zero-order chi connectivity index (χ0) is 14.5. The molecule has 1 unspecified atom stereocenters. The summed E-state index contributed by atoms with van der Waals surface area (Å²) in [6.07, 6.45) is 1.77. The first-order valence-electron chi connectivity index (χ1n) is 6.07. The summed E-state index contributed by atoms with van der Waals surface area (Å²) in [5.74, 6) is -0.996. The third kappa shape index (κ3) is 3.67. The Kier molecular flexibility index (Phi) is 4.86. The van der Waals surface area contributed by atoms with Crippen molar-refractivity contribution < 1.29 is 19.4 Å². The minimum Gasteiger partial charge on any atom is -0.480 e. The van der Waals surface area contributed by atoms with Gasteiger partial charge in [0.15, 0.2) is 0 Å². The molecule has 0 bridgehead atoms. The van der Waals surface area contributed by atoms with Crippen LogP contribution in [0.1, 0.15) is 37.6 Å². The zero-order valence-electron chi connectivity index (χ0n) is 11.3. The first-order valence-corrected chi connectivity index (χ1v) is 6.07. The molecule has 1 aromatic rings. The van der Waals surface area contributed by atoms with E-state index in [0.29, 0.717) is 24.4 Å². The van der Waals surface area contributed by atoms with Crippen LogP contribution < -0.4 is 5.32 Å². The van der Waals surface area contributed by atoms with E-state index in [0.717, 1.165) is 0 Å². The van der Waals surface area contributed by atoms with Gasteiger partial charge in [-0.15, -0.1) is 0 Å². The quantitative estimate of drug-likeness (QED) is 0.765. The molecule has 19 heavy (non-hydrogen) atoms. The number of hydrogen-bond donors (Lipinski definition) is 2. The van der Waals surface area contributed by atoms with Crippen LogP contribution in [0, 0.1) is 0 Å². The highest BCUT2D eigenvalue weighted by Crippen LogP contribution is 2.17. The molecule has 104 valence electrons. The Hall–Kier alpha value is -2.11. The van der Waals surface area contributed by atoms with Crippen molar-refractivity contribution in [1.29, 1.82) is 0 Å². The van der Waals surface area contributed by atoms with Gasteiger partial charge in [0.2, 0.25) is 0 Å². The number of esters is 1. The fraction of sp³-hybridized carbons (Fsp3) is 0.462. The third-order valence-electron chi connectivity index (χ3n) is 2.86. The SMILES string of the molecule is CCOC(=O)c1ccc(NC(C)(CC)C(=O)O)nc1. The lowest BCUT2D eigenvalue weighted by molar-refractivity contribution is -0.141. The number of hydrogen-bond acceptors (Lipinski definition) is 5. The van der Waals surface area contributed by atoms with Crippen molar-refractivity contribution in [3.63, 3.8) is 0 Å². The smallest absolute Gasteiger partial charge is 0.339 e. The lowest BCUT2D eigenvalue weighted by atomic mass is 9.99. The Bertz CT molecular complexity index is 458. The molecule has 0 aliphatic carbocycles. The lowest BCUT2D eigenvalue weighted by Gasteiger charge is -2.25. The second kappa shape index (κ2) is 6.17. The number of ether oxygens (including phenoxy) is 1. The summed E-state index contributed by atoms with van der Waals surface area (Å²) in [5, 5.41) is 12.0. The lowest BCUT2D eigenvalue weighted by Crippen LogP contribution is -2.42. The Labute approximate surface area is 111 Å². The molecule has 6 nitrogen and oxygen atoms in total. The number of nitrogens with zero attached hydrogens (tertiary/aromatic N) is 1. The van der Waals surface area contributed by atoms with Crippen LogP contribution in [0.2, 0.25) is 0 Å². The summed E-state index contributed by atoms with van der Waals surface area (Å²) in [6.45, 7) is 5.37. The second-order valence-electron chi connectivity index (χ2n) is 4.27. The number of aliphatic carboxylic acids is 1. The minimum absolute atomic E-state index is 0.297. The number of nitrogens with one attached hydrogen (secondary N) is 1. The standard InChI is InChI=1S/C13H18N2O4/c1-4-13(3,12(17)18)15-10-7-6-9(8-14-10)11(16)19-5-2/h6-8H,4-5H2,1-3H3,(H,14,15)(H,17,18). The number of pyridine rings is 1. The number of carbonyl (C=O) groups excluding carboxylic acids is 1. The van der Waals surface area contributed by atoms with Gasteiger partial charge in [-0.3, -0.25) is 0 Å². The Morgan fingerprint density at radius 3 is 2.53 bits per heavy atom. The van der Waals surface area contributed by atoms with Gasteiger partial charge in [-0.05, 0) is 32.4 Å². The average molecular weight is 266 g/mol. The number of carbonyl (C=O) groups is 2. The molecule has 1 heterocycles. The van der Waals surface area contributed by atoms with Gasteiger partial charge in [-0.1, -0.05) is 6.92 Å². The van der Waals surface area contributed by atoms with Gasteiger partial charge in [-0.2, -0.15) is 0 Å². The van der Waals surface area contributed by atoms with Crippen LogP contribution in [-0.2, 0) is 9.53 Å². The monoisotopic (exact) mass is 266 g/mol. The Morgan fingerprint density at radius 1 is 1.42 bits per heavy atom. The van der Waals surface area contributed by atoms with Crippen LogP contribution in [0.4, 0.5) is 5.82 Å². The predicted octanol–water partition coefficient (Wildman–Crippen LogP) is 1.92. The number of carboxylic acid groups (broad SMARTS) is 1. The molecule has 0 fully saturated rings. The molecule has 0 aromatic carbocycles. The van der Waals surface area contributed by atoms with Gasteiger partial charge in [0.1, 0.15) is 11.4 Å². The van der Waals surface area contributed by atoms with E-state index in [1.165, 1.54) is 6.20 Å². The van der Waals surface area contributed by atoms with E-state index in [-0.39, 0.29) is 0 Å². The maximum atomic E-state index is 11.4. The normalized spacial score (nSPS) is 13.4. The van der Waals surface area contributed by atoms with Crippen LogP contribution in [0.5, 0.6) is 0 Å². The largest absolute Gasteiger partial charge is 0.480 e. The molecule has 0 spiro atoms. The molecule has 2 N–H and O–H groups in total. The van der Waals surface area contributed by atoms with Crippen LogP contribution in [0.3, 0.4) is 0 Å². The molecule has 1 rings (SSSR count). The van der Waals surface area contributed by atoms with Crippen LogP contribution in [-0.4, -0.2) is 34.2 Å². The molecule has 0 saturated heterocycles. The summed E-state index contributed by atoms with van der Waals surface area (Å²) in [5.41, 5.74) is -0.751. The van der Waals surface area contributed by atoms with Crippen molar-refractivity contribution in [2.24, 2.45) is 0 Å².